The van der Waals surface area contributed by atoms with E-state index in [0.717, 1.165) is 16.8 Å². The van der Waals surface area contributed by atoms with Crippen molar-refractivity contribution in [3.63, 3.8) is 0 Å². The summed E-state index contributed by atoms with van der Waals surface area (Å²) in [6.45, 7) is 4.24. The number of aromatic nitrogens is 2. The number of aryl methyl sites for hydroxylation is 3. The van der Waals surface area contributed by atoms with E-state index in [1.54, 1.807) is 37.0 Å². The molecule has 0 bridgehead atoms. The Morgan fingerprint density at radius 3 is 2.12 bits per heavy atom. The molecule has 0 atom stereocenters. The van der Waals surface area contributed by atoms with Gasteiger partial charge in [-0.15, -0.1) is 0 Å². The molecule has 0 aliphatic rings. The van der Waals surface area contributed by atoms with Gasteiger partial charge in [-0.05, 0) is 54.3 Å². The topological polar surface area (TPSA) is 65.4 Å². The number of nitrogens with zero attached hydrogens (tertiary/aromatic N) is 2. The van der Waals surface area contributed by atoms with Crippen LogP contribution >= 0.6 is 0 Å². The second-order valence-corrected chi connectivity index (χ2v) is 7.94. The number of benzene rings is 3. The van der Waals surface area contributed by atoms with E-state index in [0.29, 0.717) is 22.9 Å². The Hall–Kier alpha value is -4.06. The van der Waals surface area contributed by atoms with E-state index < -0.39 is 0 Å². The fraction of sp³-hybridized carbons (Fsp3) is 0.185. The molecule has 0 aliphatic heterocycles. The molecule has 1 aromatic heterocycles. The largest absolute Gasteiger partial charge is 0.493 e. The molecule has 6 heteroatoms. The Labute approximate surface area is 193 Å². The lowest BCUT2D eigenvalue weighted by Gasteiger charge is -2.10. The predicted octanol–water partition coefficient (Wildman–Crippen LogP) is 5.64. The van der Waals surface area contributed by atoms with Gasteiger partial charge in [0.2, 0.25) is 0 Å². The minimum Gasteiger partial charge on any atom is -0.493 e. The van der Waals surface area contributed by atoms with Crippen LogP contribution < -0.4 is 14.8 Å². The third-order valence-electron chi connectivity index (χ3n) is 5.79. The van der Waals surface area contributed by atoms with Gasteiger partial charge in [0, 0.05) is 24.2 Å². The summed E-state index contributed by atoms with van der Waals surface area (Å²) in [5.74, 6) is 1.42. The van der Waals surface area contributed by atoms with Crippen LogP contribution in [0.1, 0.15) is 21.5 Å². The average Bonchev–Trinajstić information content (AvgIpc) is 3.20. The predicted molar refractivity (Wildman–Crippen MR) is 131 cm³/mol. The smallest absolute Gasteiger partial charge is 0.256 e. The molecular weight excluding hydrogens is 414 g/mol. The van der Waals surface area contributed by atoms with Crippen molar-refractivity contribution in [1.82, 2.24) is 9.78 Å². The van der Waals surface area contributed by atoms with Gasteiger partial charge in [-0.3, -0.25) is 9.48 Å². The third-order valence-corrected chi connectivity index (χ3v) is 5.79. The lowest BCUT2D eigenvalue weighted by molar-refractivity contribution is 0.102. The van der Waals surface area contributed by atoms with E-state index in [4.69, 9.17) is 9.47 Å². The fourth-order valence-corrected chi connectivity index (χ4v) is 3.65. The summed E-state index contributed by atoms with van der Waals surface area (Å²) >= 11 is 0. The summed E-state index contributed by atoms with van der Waals surface area (Å²) in [6.07, 6.45) is 0. The Morgan fingerprint density at radius 2 is 1.45 bits per heavy atom. The number of hydrogen-bond donors (Lipinski definition) is 1. The first kappa shape index (κ1) is 22.1. The van der Waals surface area contributed by atoms with Gasteiger partial charge in [-0.1, -0.05) is 42.5 Å². The highest BCUT2D eigenvalue weighted by atomic mass is 16.5. The summed E-state index contributed by atoms with van der Waals surface area (Å²) in [4.78, 5) is 12.8. The number of carbonyl (C=O) groups is 1. The minimum absolute atomic E-state index is 0.254. The van der Waals surface area contributed by atoms with Crippen LogP contribution in [0.4, 0.5) is 5.82 Å². The molecule has 1 N–H and O–H groups in total. The Morgan fingerprint density at radius 1 is 0.788 bits per heavy atom. The molecule has 0 fully saturated rings. The summed E-state index contributed by atoms with van der Waals surface area (Å²) in [7, 11) is 4.90. The molecule has 0 spiro atoms. The van der Waals surface area contributed by atoms with Crippen LogP contribution in [0.25, 0.3) is 22.4 Å². The molecule has 3 aromatic carbocycles. The van der Waals surface area contributed by atoms with Gasteiger partial charge in [0.15, 0.2) is 11.5 Å². The van der Waals surface area contributed by atoms with Gasteiger partial charge in [0.25, 0.3) is 5.91 Å². The van der Waals surface area contributed by atoms with Crippen LogP contribution in [0, 0.1) is 13.8 Å². The highest BCUT2D eigenvalue weighted by Gasteiger charge is 2.14. The zero-order valence-corrected chi connectivity index (χ0v) is 19.5. The standard InChI is InChI=1S/C27H27N3O3/c1-17-6-7-21(14-18(17)2)19-8-10-20(11-9-19)23-16-26(30(3)29-23)28-27(31)22-12-13-24(32-4)25(15-22)33-5/h6-16H,1-5H3,(H,28,31). The number of ether oxygens (including phenoxy) is 2. The van der Waals surface area contributed by atoms with Crippen molar-refractivity contribution in [1.29, 1.82) is 0 Å². The molecule has 33 heavy (non-hydrogen) atoms. The highest BCUT2D eigenvalue weighted by Crippen LogP contribution is 2.29. The van der Waals surface area contributed by atoms with Crippen LogP contribution in [-0.2, 0) is 7.05 Å². The van der Waals surface area contributed by atoms with Crippen molar-refractivity contribution in [2.75, 3.05) is 19.5 Å². The first-order valence-electron chi connectivity index (χ1n) is 10.6. The van der Waals surface area contributed by atoms with Crippen molar-refractivity contribution in [2.45, 2.75) is 13.8 Å². The molecule has 0 saturated carbocycles. The molecular formula is C27H27N3O3. The third kappa shape index (κ3) is 4.60. The molecule has 1 heterocycles. The van der Waals surface area contributed by atoms with E-state index in [9.17, 15) is 4.79 Å². The number of rotatable bonds is 6. The van der Waals surface area contributed by atoms with Crippen LogP contribution in [0.5, 0.6) is 11.5 Å². The second-order valence-electron chi connectivity index (χ2n) is 7.94. The van der Waals surface area contributed by atoms with E-state index in [1.807, 2.05) is 18.2 Å². The molecule has 4 rings (SSSR count). The number of carbonyl (C=O) groups excluding carboxylic acids is 1. The molecule has 168 valence electrons. The van der Waals surface area contributed by atoms with Crippen LogP contribution in [0.2, 0.25) is 0 Å². The summed E-state index contributed by atoms with van der Waals surface area (Å²) in [5.41, 5.74) is 7.13. The first-order chi connectivity index (χ1) is 15.9. The van der Waals surface area contributed by atoms with E-state index in [1.165, 1.54) is 23.8 Å². The number of anilines is 1. The quantitative estimate of drug-likeness (QED) is 0.420. The maximum Gasteiger partial charge on any atom is 0.256 e. The zero-order valence-electron chi connectivity index (χ0n) is 19.5. The van der Waals surface area contributed by atoms with Crippen LogP contribution in [0.3, 0.4) is 0 Å². The number of hydrogen-bond acceptors (Lipinski definition) is 4. The van der Waals surface area contributed by atoms with Crippen molar-refractivity contribution in [2.24, 2.45) is 7.05 Å². The van der Waals surface area contributed by atoms with Gasteiger partial charge in [0.05, 0.1) is 19.9 Å². The second kappa shape index (κ2) is 9.20. The van der Waals surface area contributed by atoms with E-state index >= 15 is 0 Å². The Bertz CT molecular complexity index is 1310. The first-order valence-corrected chi connectivity index (χ1v) is 10.6. The molecule has 4 aromatic rings. The molecule has 0 unspecified atom stereocenters. The van der Waals surface area contributed by atoms with Gasteiger partial charge in [-0.25, -0.2) is 0 Å². The molecule has 0 radical (unpaired) electrons. The molecule has 1 amide bonds. The van der Waals surface area contributed by atoms with E-state index in [2.05, 4.69) is 54.6 Å². The lowest BCUT2D eigenvalue weighted by Crippen LogP contribution is -2.14. The van der Waals surface area contributed by atoms with Crippen LogP contribution in [0.15, 0.2) is 66.7 Å². The fourth-order valence-electron chi connectivity index (χ4n) is 3.65. The molecule has 6 nitrogen and oxygen atoms in total. The summed E-state index contributed by atoms with van der Waals surface area (Å²) in [6, 6.07) is 21.7. The van der Waals surface area contributed by atoms with Crippen molar-refractivity contribution in [3.8, 4) is 33.9 Å². The Balaban J connectivity index is 1.53. The summed E-state index contributed by atoms with van der Waals surface area (Å²) < 4.78 is 12.2. The van der Waals surface area contributed by atoms with Crippen LogP contribution in [-0.4, -0.2) is 29.9 Å². The van der Waals surface area contributed by atoms with Gasteiger partial charge in [-0.2, -0.15) is 5.10 Å². The number of methoxy groups -OCH3 is 2. The van der Waals surface area contributed by atoms with Gasteiger partial charge in [0.1, 0.15) is 5.82 Å². The number of nitrogens with one attached hydrogen (secondary N) is 1. The lowest BCUT2D eigenvalue weighted by atomic mass is 9.99. The maximum absolute atomic E-state index is 12.8. The molecule has 0 aliphatic carbocycles. The normalized spacial score (nSPS) is 10.7. The van der Waals surface area contributed by atoms with Crippen molar-refractivity contribution >= 4 is 11.7 Å². The highest BCUT2D eigenvalue weighted by molar-refractivity contribution is 6.04. The maximum atomic E-state index is 12.8. The van der Waals surface area contributed by atoms with Gasteiger partial charge < -0.3 is 14.8 Å². The van der Waals surface area contributed by atoms with Gasteiger partial charge >= 0.3 is 0 Å². The molecule has 0 saturated heterocycles. The Kier molecular flexibility index (Phi) is 6.18. The van der Waals surface area contributed by atoms with Crippen molar-refractivity contribution in [3.05, 3.63) is 83.4 Å². The SMILES string of the molecule is COc1ccc(C(=O)Nc2cc(-c3ccc(-c4ccc(C)c(C)c4)cc3)nn2C)cc1OC. The minimum atomic E-state index is -0.254. The monoisotopic (exact) mass is 441 g/mol. The summed E-state index contributed by atoms with van der Waals surface area (Å²) in [5, 5.41) is 7.49. The number of amides is 1. The van der Waals surface area contributed by atoms with E-state index in [-0.39, 0.29) is 5.91 Å². The zero-order chi connectivity index (χ0) is 23.5. The van der Waals surface area contributed by atoms with Crippen molar-refractivity contribution < 1.29 is 14.3 Å². The average molecular weight is 442 g/mol.